The van der Waals surface area contributed by atoms with Crippen molar-refractivity contribution in [3.63, 3.8) is 0 Å². The van der Waals surface area contributed by atoms with Crippen LogP contribution in [0.5, 0.6) is 0 Å². The maximum Gasteiger partial charge on any atom is 0.329 e. The number of rotatable bonds is 4. The lowest BCUT2D eigenvalue weighted by atomic mass is 10.2. The van der Waals surface area contributed by atoms with E-state index in [2.05, 4.69) is 23.8 Å². The lowest BCUT2D eigenvalue weighted by Crippen LogP contribution is -2.29. The highest BCUT2D eigenvalue weighted by Crippen LogP contribution is 2.21. The summed E-state index contributed by atoms with van der Waals surface area (Å²) in [5.41, 5.74) is 0.0515. The zero-order chi connectivity index (χ0) is 14.2. The lowest BCUT2D eigenvalue weighted by Gasteiger charge is -2.03. The van der Waals surface area contributed by atoms with E-state index in [9.17, 15) is 9.59 Å². The molecule has 7 heteroatoms. The van der Waals surface area contributed by atoms with E-state index in [-0.39, 0.29) is 5.56 Å². The Kier molecular flexibility index (Phi) is 3.84. The second-order valence-electron chi connectivity index (χ2n) is 4.97. The predicted molar refractivity (Wildman–Crippen MR) is 76.8 cm³/mol. The van der Waals surface area contributed by atoms with Gasteiger partial charge < -0.3 is 4.57 Å². The van der Waals surface area contributed by atoms with Crippen LogP contribution in [-0.2, 0) is 14.1 Å². The average Bonchev–Trinajstić information content (AvgIpc) is 2.64. The number of nitrogens with one attached hydrogen (secondary N) is 1. The number of hydrogen-bond acceptors (Lipinski definition) is 4. The average molecular weight is 282 g/mol. The molecule has 6 nitrogen and oxygen atoms in total. The highest BCUT2D eigenvalue weighted by molar-refractivity contribution is 7.99. The molecule has 0 fully saturated rings. The number of nitrogens with zero attached hydrogens (tertiary/aromatic N) is 3. The van der Waals surface area contributed by atoms with Gasteiger partial charge in [0.05, 0.1) is 0 Å². The minimum Gasteiger partial charge on any atom is -0.316 e. The molecule has 19 heavy (non-hydrogen) atoms. The Morgan fingerprint density at radius 3 is 2.58 bits per heavy atom. The molecule has 0 aromatic carbocycles. The fraction of sp³-hybridized carbons (Fsp3) is 0.583. The van der Waals surface area contributed by atoms with Crippen molar-refractivity contribution >= 4 is 22.9 Å². The summed E-state index contributed by atoms with van der Waals surface area (Å²) in [6.07, 6.45) is 1.09. The monoisotopic (exact) mass is 282 g/mol. The van der Waals surface area contributed by atoms with Crippen molar-refractivity contribution in [1.82, 2.24) is 19.1 Å². The summed E-state index contributed by atoms with van der Waals surface area (Å²) < 4.78 is 3.11. The molecule has 0 aliphatic rings. The molecular weight excluding hydrogens is 264 g/mol. The van der Waals surface area contributed by atoms with Crippen LogP contribution in [0.15, 0.2) is 14.7 Å². The molecule has 2 aromatic heterocycles. The van der Waals surface area contributed by atoms with Gasteiger partial charge in [-0.25, -0.2) is 9.78 Å². The van der Waals surface area contributed by atoms with Gasteiger partial charge in [-0.2, -0.15) is 0 Å². The van der Waals surface area contributed by atoms with Gasteiger partial charge in [-0.1, -0.05) is 25.6 Å². The molecule has 0 aliphatic carbocycles. The van der Waals surface area contributed by atoms with E-state index in [1.165, 1.54) is 4.57 Å². The lowest BCUT2D eigenvalue weighted by molar-refractivity contribution is 0.631. The minimum atomic E-state index is -0.436. The van der Waals surface area contributed by atoms with E-state index in [0.717, 1.165) is 17.3 Å². The van der Waals surface area contributed by atoms with E-state index in [1.807, 2.05) is 0 Å². The molecule has 104 valence electrons. The third-order valence-corrected chi connectivity index (χ3v) is 4.08. The summed E-state index contributed by atoms with van der Waals surface area (Å²) in [7, 11) is 3.41. The maximum absolute atomic E-state index is 11.8. The number of aromatic amines is 1. The highest BCUT2D eigenvalue weighted by atomic mass is 32.2. The third kappa shape index (κ3) is 2.60. The van der Waals surface area contributed by atoms with Crippen LogP contribution in [0.3, 0.4) is 0 Å². The first-order valence-electron chi connectivity index (χ1n) is 6.20. The molecule has 0 unspecified atom stereocenters. The molecular formula is C12H18N4O2S. The van der Waals surface area contributed by atoms with Crippen LogP contribution in [0.4, 0.5) is 0 Å². The van der Waals surface area contributed by atoms with Gasteiger partial charge in [-0.15, -0.1) is 0 Å². The molecule has 1 N–H and O–H groups in total. The van der Waals surface area contributed by atoms with E-state index in [1.54, 1.807) is 30.4 Å². The maximum atomic E-state index is 11.8. The smallest absolute Gasteiger partial charge is 0.316 e. The molecule has 0 atom stereocenters. The SMILES string of the molecule is CC(C)CCSc1nc2c(c(=O)[nH]c(=O)n2C)n1C. The molecule has 0 aliphatic heterocycles. The molecule has 2 rings (SSSR count). The zero-order valence-corrected chi connectivity index (χ0v) is 12.4. The van der Waals surface area contributed by atoms with E-state index in [0.29, 0.717) is 17.1 Å². The predicted octanol–water partition coefficient (Wildman–Crippen LogP) is 1.10. The highest BCUT2D eigenvalue weighted by Gasteiger charge is 2.14. The Morgan fingerprint density at radius 1 is 1.26 bits per heavy atom. The Labute approximate surface area is 114 Å². The largest absolute Gasteiger partial charge is 0.329 e. The number of aromatic nitrogens is 4. The quantitative estimate of drug-likeness (QED) is 0.852. The molecule has 0 spiro atoms. The number of thioether (sulfide) groups is 1. The third-order valence-electron chi connectivity index (χ3n) is 3.02. The van der Waals surface area contributed by atoms with Crippen molar-refractivity contribution in [3.05, 3.63) is 20.8 Å². The van der Waals surface area contributed by atoms with E-state index in [4.69, 9.17) is 0 Å². The van der Waals surface area contributed by atoms with Crippen molar-refractivity contribution in [3.8, 4) is 0 Å². The summed E-state index contributed by atoms with van der Waals surface area (Å²) in [5, 5.41) is 0.766. The second-order valence-corrected chi connectivity index (χ2v) is 6.04. The Hall–Kier alpha value is -1.50. The van der Waals surface area contributed by atoms with Gasteiger partial charge in [-0.05, 0) is 12.3 Å². The topological polar surface area (TPSA) is 72.7 Å². The first-order chi connectivity index (χ1) is 8.91. The van der Waals surface area contributed by atoms with Crippen LogP contribution in [0.1, 0.15) is 20.3 Å². The molecule has 0 amide bonds. The fourth-order valence-corrected chi connectivity index (χ4v) is 3.01. The number of imidazole rings is 1. The van der Waals surface area contributed by atoms with Crippen LogP contribution in [0.25, 0.3) is 11.2 Å². The molecule has 0 bridgehead atoms. The summed E-state index contributed by atoms with van der Waals surface area (Å²) >= 11 is 1.61. The molecule has 2 heterocycles. The van der Waals surface area contributed by atoms with Gasteiger partial charge in [0.15, 0.2) is 16.3 Å². The van der Waals surface area contributed by atoms with Gasteiger partial charge >= 0.3 is 5.69 Å². The van der Waals surface area contributed by atoms with Crippen molar-refractivity contribution in [2.45, 2.75) is 25.4 Å². The molecule has 0 saturated carbocycles. The fourth-order valence-electron chi connectivity index (χ4n) is 1.80. The van der Waals surface area contributed by atoms with Gasteiger partial charge in [-0.3, -0.25) is 14.3 Å². The van der Waals surface area contributed by atoms with Crippen LogP contribution < -0.4 is 11.2 Å². The first kappa shape index (κ1) is 13.9. The van der Waals surface area contributed by atoms with Crippen LogP contribution in [0.2, 0.25) is 0 Å². The standard InChI is InChI=1S/C12H18N4O2S/c1-7(2)5-6-19-12-13-9-8(15(12)3)10(17)14-11(18)16(9)4/h7H,5-6H2,1-4H3,(H,14,17,18). The number of aryl methyl sites for hydroxylation is 2. The van der Waals surface area contributed by atoms with Crippen molar-refractivity contribution in [2.24, 2.45) is 20.0 Å². The van der Waals surface area contributed by atoms with E-state index < -0.39 is 5.69 Å². The summed E-state index contributed by atoms with van der Waals surface area (Å²) in [6.45, 7) is 4.34. The van der Waals surface area contributed by atoms with Crippen LogP contribution in [-0.4, -0.2) is 24.9 Å². The van der Waals surface area contributed by atoms with E-state index >= 15 is 0 Å². The van der Waals surface area contributed by atoms with Crippen LogP contribution >= 0.6 is 11.8 Å². The normalized spacial score (nSPS) is 11.6. The minimum absolute atomic E-state index is 0.385. The second kappa shape index (κ2) is 5.24. The number of fused-ring (bicyclic) bond motifs is 1. The summed E-state index contributed by atoms with van der Waals surface area (Å²) in [6, 6.07) is 0. The number of H-pyrrole nitrogens is 1. The van der Waals surface area contributed by atoms with Gasteiger partial charge in [0, 0.05) is 19.8 Å². The summed E-state index contributed by atoms with van der Waals surface area (Å²) in [4.78, 5) is 30.0. The van der Waals surface area contributed by atoms with Gasteiger partial charge in [0.2, 0.25) is 0 Å². The van der Waals surface area contributed by atoms with Crippen molar-refractivity contribution in [2.75, 3.05) is 5.75 Å². The molecule has 0 radical (unpaired) electrons. The zero-order valence-electron chi connectivity index (χ0n) is 11.6. The van der Waals surface area contributed by atoms with Crippen LogP contribution in [0, 0.1) is 5.92 Å². The van der Waals surface area contributed by atoms with Crippen molar-refractivity contribution < 1.29 is 0 Å². The van der Waals surface area contributed by atoms with Gasteiger partial charge in [0.25, 0.3) is 5.56 Å². The Bertz CT molecular complexity index is 711. The molecule has 0 saturated heterocycles. The first-order valence-corrected chi connectivity index (χ1v) is 7.19. The number of hydrogen-bond donors (Lipinski definition) is 1. The Balaban J connectivity index is 2.45. The summed E-state index contributed by atoms with van der Waals surface area (Å²) in [5.74, 6) is 1.58. The Morgan fingerprint density at radius 2 is 1.95 bits per heavy atom. The van der Waals surface area contributed by atoms with Crippen molar-refractivity contribution in [1.29, 1.82) is 0 Å². The van der Waals surface area contributed by atoms with Gasteiger partial charge in [0.1, 0.15) is 0 Å². The molecule has 2 aromatic rings.